The van der Waals surface area contributed by atoms with Gasteiger partial charge in [0.2, 0.25) is 5.96 Å². The maximum absolute atomic E-state index is 12.8. The number of pyridine rings is 1. The molecule has 25 heavy (non-hydrogen) atoms. The predicted octanol–water partition coefficient (Wildman–Crippen LogP) is 2.79. The van der Waals surface area contributed by atoms with Crippen LogP contribution in [0.4, 0.5) is 13.2 Å². The largest absolute Gasteiger partial charge is 0.497 e. The molecule has 10 heteroatoms. The molecule has 0 aliphatic carbocycles. The predicted molar refractivity (Wildman–Crippen MR) is 88.7 cm³/mol. The zero-order valence-corrected chi connectivity index (χ0v) is 13.6. The van der Waals surface area contributed by atoms with Crippen LogP contribution in [0, 0.1) is 0 Å². The highest BCUT2D eigenvalue weighted by atomic mass is 35.5. The normalized spacial score (nSPS) is 12.0. The van der Waals surface area contributed by atoms with E-state index in [4.69, 9.17) is 27.8 Å². The van der Waals surface area contributed by atoms with Crippen molar-refractivity contribution in [2.45, 2.75) is 6.18 Å². The van der Waals surface area contributed by atoms with Crippen molar-refractivity contribution in [2.75, 3.05) is 7.11 Å². The van der Waals surface area contributed by atoms with Crippen molar-refractivity contribution in [3.05, 3.63) is 58.4 Å². The van der Waals surface area contributed by atoms with E-state index in [1.54, 1.807) is 24.3 Å². The molecule has 0 radical (unpaired) electrons. The number of nitrogens with zero attached hydrogens (tertiary/aromatic N) is 3. The number of guanidine groups is 1. The molecular weight excluding hydrogens is 359 g/mol. The first kappa shape index (κ1) is 18.5. The first-order valence-electron chi connectivity index (χ1n) is 6.76. The lowest BCUT2D eigenvalue weighted by Crippen LogP contribution is -2.22. The van der Waals surface area contributed by atoms with Gasteiger partial charge in [0.1, 0.15) is 17.2 Å². The second kappa shape index (κ2) is 7.39. The second-order valence-corrected chi connectivity index (χ2v) is 5.16. The maximum atomic E-state index is 12.8. The van der Waals surface area contributed by atoms with E-state index in [2.05, 4.69) is 15.2 Å². The lowest BCUT2D eigenvalue weighted by molar-refractivity contribution is -0.137. The Morgan fingerprint density at radius 2 is 1.80 bits per heavy atom. The van der Waals surface area contributed by atoms with E-state index in [9.17, 15) is 13.2 Å². The summed E-state index contributed by atoms with van der Waals surface area (Å²) >= 11 is 5.97. The zero-order chi connectivity index (χ0) is 18.6. The average Bonchev–Trinajstić information content (AvgIpc) is 2.55. The molecule has 1 aromatic heterocycles. The topological polar surface area (TPSA) is 98.9 Å². The summed E-state index contributed by atoms with van der Waals surface area (Å²) in [6.45, 7) is 0. The van der Waals surface area contributed by atoms with Gasteiger partial charge in [-0.15, -0.1) is 10.2 Å². The fourth-order valence-corrected chi connectivity index (χ4v) is 2.12. The van der Waals surface area contributed by atoms with E-state index in [0.29, 0.717) is 17.5 Å². The number of rotatable bonds is 4. The molecule has 0 aliphatic rings. The van der Waals surface area contributed by atoms with Gasteiger partial charge in [0, 0.05) is 11.8 Å². The molecule has 2 rings (SSSR count). The van der Waals surface area contributed by atoms with Gasteiger partial charge in [0.05, 0.1) is 17.7 Å². The minimum atomic E-state index is -4.56. The molecule has 1 aromatic carbocycles. The van der Waals surface area contributed by atoms with E-state index in [0.717, 1.165) is 6.07 Å². The molecule has 0 saturated carbocycles. The fraction of sp³-hybridized carbons (Fsp3) is 0.133. The van der Waals surface area contributed by atoms with Gasteiger partial charge in [-0.05, 0) is 30.3 Å². The van der Waals surface area contributed by atoms with Crippen molar-refractivity contribution < 1.29 is 17.9 Å². The number of halogens is 4. The molecule has 2 aromatic rings. The Labute approximate surface area is 146 Å². The van der Waals surface area contributed by atoms with Gasteiger partial charge in [0.25, 0.3) is 0 Å². The summed E-state index contributed by atoms with van der Waals surface area (Å²) in [5, 5.41) is 7.16. The van der Waals surface area contributed by atoms with E-state index in [-0.39, 0.29) is 22.4 Å². The maximum Gasteiger partial charge on any atom is 0.417 e. The SMILES string of the molecule is COc1ccc(/C(=N/N=C(N)N)c2ncc(C(F)(F)F)cc2Cl)cc1. The molecule has 6 nitrogen and oxygen atoms in total. The Bertz CT molecular complexity index is 815. The smallest absolute Gasteiger partial charge is 0.417 e. The van der Waals surface area contributed by atoms with Crippen molar-refractivity contribution in [3.8, 4) is 5.75 Å². The van der Waals surface area contributed by atoms with Crippen LogP contribution in [0.1, 0.15) is 16.8 Å². The number of hydrogen-bond acceptors (Lipinski definition) is 4. The van der Waals surface area contributed by atoms with E-state index >= 15 is 0 Å². The Kier molecular flexibility index (Phi) is 5.48. The summed E-state index contributed by atoms with van der Waals surface area (Å²) in [5.74, 6) is 0.255. The fourth-order valence-electron chi connectivity index (χ4n) is 1.87. The van der Waals surface area contributed by atoms with Crippen LogP contribution in [0.5, 0.6) is 5.75 Å². The lowest BCUT2D eigenvalue weighted by Gasteiger charge is -2.11. The molecule has 0 saturated heterocycles. The average molecular weight is 372 g/mol. The first-order valence-corrected chi connectivity index (χ1v) is 7.14. The van der Waals surface area contributed by atoms with Crippen molar-refractivity contribution >= 4 is 23.3 Å². The monoisotopic (exact) mass is 371 g/mol. The highest BCUT2D eigenvalue weighted by Gasteiger charge is 2.32. The molecule has 0 fully saturated rings. The number of hydrogen-bond donors (Lipinski definition) is 2. The van der Waals surface area contributed by atoms with Gasteiger partial charge >= 0.3 is 6.18 Å². The second-order valence-electron chi connectivity index (χ2n) is 4.75. The number of methoxy groups -OCH3 is 1. The molecule has 0 spiro atoms. The van der Waals surface area contributed by atoms with Crippen molar-refractivity contribution in [1.82, 2.24) is 4.98 Å². The molecule has 1 heterocycles. The number of aromatic nitrogens is 1. The summed E-state index contributed by atoms with van der Waals surface area (Å²) in [5.41, 5.74) is 10.1. The quantitative estimate of drug-likeness (QED) is 0.490. The summed E-state index contributed by atoms with van der Waals surface area (Å²) in [6, 6.07) is 7.28. The van der Waals surface area contributed by atoms with Gasteiger partial charge in [-0.2, -0.15) is 13.2 Å². The Morgan fingerprint density at radius 3 is 2.28 bits per heavy atom. The van der Waals surface area contributed by atoms with Gasteiger partial charge in [0.15, 0.2) is 0 Å². The molecule has 0 aliphatic heterocycles. The van der Waals surface area contributed by atoms with Crippen molar-refractivity contribution in [2.24, 2.45) is 21.7 Å². The molecule has 0 amide bonds. The third-order valence-electron chi connectivity index (χ3n) is 3.02. The highest BCUT2D eigenvalue weighted by Crippen LogP contribution is 2.31. The minimum Gasteiger partial charge on any atom is -0.497 e. The van der Waals surface area contributed by atoms with Crippen molar-refractivity contribution in [3.63, 3.8) is 0 Å². The van der Waals surface area contributed by atoms with Crippen LogP contribution in [-0.4, -0.2) is 23.8 Å². The first-order chi connectivity index (χ1) is 11.7. The van der Waals surface area contributed by atoms with Crippen LogP contribution in [0.15, 0.2) is 46.7 Å². The Hall–Kier alpha value is -2.81. The standard InChI is InChI=1S/C15H13ClF3N5O/c1-25-10-4-2-8(3-5-10)12(23-24-14(20)21)13-11(16)6-9(7-22-13)15(17,18)19/h2-7H,1H3,(H4,20,21,24)/b23-12-. The van der Waals surface area contributed by atoms with Crippen LogP contribution < -0.4 is 16.2 Å². The highest BCUT2D eigenvalue weighted by molar-refractivity contribution is 6.35. The summed E-state index contributed by atoms with van der Waals surface area (Å²) in [6.07, 6.45) is -3.90. The third-order valence-corrected chi connectivity index (χ3v) is 3.31. The number of ether oxygens (including phenoxy) is 1. The van der Waals surface area contributed by atoms with Gasteiger partial charge in [-0.3, -0.25) is 4.98 Å². The van der Waals surface area contributed by atoms with E-state index in [1.807, 2.05) is 0 Å². The summed E-state index contributed by atoms with van der Waals surface area (Å²) in [7, 11) is 1.50. The van der Waals surface area contributed by atoms with Crippen molar-refractivity contribution in [1.29, 1.82) is 0 Å². The lowest BCUT2D eigenvalue weighted by atomic mass is 10.1. The summed E-state index contributed by atoms with van der Waals surface area (Å²) in [4.78, 5) is 3.78. The Balaban J connectivity index is 2.56. The number of benzene rings is 1. The van der Waals surface area contributed by atoms with E-state index in [1.165, 1.54) is 7.11 Å². The molecule has 0 atom stereocenters. The Morgan fingerprint density at radius 1 is 1.16 bits per heavy atom. The molecule has 0 unspecified atom stereocenters. The molecule has 0 bridgehead atoms. The number of nitrogens with two attached hydrogens (primary N) is 2. The summed E-state index contributed by atoms with van der Waals surface area (Å²) < 4.78 is 43.3. The van der Waals surface area contributed by atoms with Crippen LogP contribution in [0.2, 0.25) is 5.02 Å². The van der Waals surface area contributed by atoms with Gasteiger partial charge in [-0.1, -0.05) is 11.6 Å². The van der Waals surface area contributed by atoms with E-state index < -0.39 is 11.7 Å². The van der Waals surface area contributed by atoms with Gasteiger partial charge < -0.3 is 16.2 Å². The molecule has 4 N–H and O–H groups in total. The molecular formula is C15H13ClF3N5O. The number of alkyl halides is 3. The van der Waals surface area contributed by atoms with Crippen LogP contribution in [-0.2, 0) is 6.18 Å². The minimum absolute atomic E-state index is 0.00448. The molecule has 132 valence electrons. The zero-order valence-electron chi connectivity index (χ0n) is 12.9. The third kappa shape index (κ3) is 4.60. The van der Waals surface area contributed by atoms with Gasteiger partial charge in [-0.25, -0.2) is 0 Å². The van der Waals surface area contributed by atoms with Crippen LogP contribution >= 0.6 is 11.6 Å². The van der Waals surface area contributed by atoms with Crippen LogP contribution in [0.25, 0.3) is 0 Å². The van der Waals surface area contributed by atoms with Crippen LogP contribution in [0.3, 0.4) is 0 Å².